The molecule has 0 aromatic heterocycles. The molecule has 1 amide bonds. The maximum Gasteiger partial charge on any atom is 0.236 e. The Kier molecular flexibility index (Phi) is 4.56. The van der Waals surface area contributed by atoms with Crippen LogP contribution in [0.15, 0.2) is 42.5 Å². The first-order valence-corrected chi connectivity index (χ1v) is 9.98. The van der Waals surface area contributed by atoms with Crippen LogP contribution in [0.4, 0.5) is 5.69 Å². The molecule has 1 saturated carbocycles. The van der Waals surface area contributed by atoms with E-state index in [4.69, 9.17) is 23.2 Å². The van der Waals surface area contributed by atoms with Crippen molar-refractivity contribution in [3.8, 4) is 0 Å². The molecular weight excluding hydrogens is 381 g/mol. The number of benzene rings is 2. The van der Waals surface area contributed by atoms with Gasteiger partial charge in [-0.15, -0.1) is 0 Å². The third-order valence-corrected chi connectivity index (χ3v) is 6.59. The molecular formula is C22H21Cl2NO2. The van der Waals surface area contributed by atoms with Crippen molar-refractivity contribution in [3.05, 3.63) is 63.6 Å². The minimum Gasteiger partial charge on any atom is -0.325 e. The molecule has 3 nitrogen and oxygen atoms in total. The number of anilines is 1. The van der Waals surface area contributed by atoms with E-state index in [2.05, 4.69) is 19.2 Å². The second kappa shape index (κ2) is 6.65. The molecule has 0 radical (unpaired) electrons. The van der Waals surface area contributed by atoms with E-state index in [0.29, 0.717) is 22.9 Å². The summed E-state index contributed by atoms with van der Waals surface area (Å²) < 4.78 is 0. The van der Waals surface area contributed by atoms with Crippen LogP contribution in [0.2, 0.25) is 10.0 Å². The highest BCUT2D eigenvalue weighted by Gasteiger charge is 2.60. The summed E-state index contributed by atoms with van der Waals surface area (Å²) in [5.41, 5.74) is 1.82. The third-order valence-electron chi connectivity index (χ3n) is 6.12. The molecule has 2 aliphatic rings. The molecule has 4 rings (SSSR count). The summed E-state index contributed by atoms with van der Waals surface area (Å²) in [5.74, 6) is -0.0313. The third kappa shape index (κ3) is 2.79. The maximum absolute atomic E-state index is 13.5. The molecule has 1 heterocycles. The molecule has 0 bridgehead atoms. The first-order chi connectivity index (χ1) is 12.8. The molecule has 3 unspecified atom stereocenters. The monoisotopic (exact) mass is 401 g/mol. The second-order valence-corrected chi connectivity index (χ2v) is 8.79. The second-order valence-electron chi connectivity index (χ2n) is 7.92. The Morgan fingerprint density at radius 3 is 2.48 bits per heavy atom. The normalized spacial score (nSPS) is 27.1. The van der Waals surface area contributed by atoms with Crippen molar-refractivity contribution in [2.45, 2.75) is 38.0 Å². The summed E-state index contributed by atoms with van der Waals surface area (Å²) >= 11 is 12.4. The number of hydrogen-bond acceptors (Lipinski definition) is 2. The van der Waals surface area contributed by atoms with Crippen molar-refractivity contribution >= 4 is 40.6 Å². The molecule has 0 saturated heterocycles. The highest BCUT2D eigenvalue weighted by Crippen LogP contribution is 2.58. The summed E-state index contributed by atoms with van der Waals surface area (Å²) in [7, 11) is 0. The van der Waals surface area contributed by atoms with E-state index in [1.54, 1.807) is 6.07 Å². The highest BCUT2D eigenvalue weighted by molar-refractivity contribution is 6.31. The maximum atomic E-state index is 13.5. The lowest BCUT2D eigenvalue weighted by Crippen LogP contribution is -2.53. The number of halogens is 2. The van der Waals surface area contributed by atoms with Crippen LogP contribution in [0.25, 0.3) is 0 Å². The fourth-order valence-corrected chi connectivity index (χ4v) is 5.42. The van der Waals surface area contributed by atoms with Gasteiger partial charge in [0.2, 0.25) is 5.91 Å². The zero-order valence-electron chi connectivity index (χ0n) is 15.3. The fraction of sp³-hybridized carbons (Fsp3) is 0.364. The minimum absolute atomic E-state index is 0.0454. The van der Waals surface area contributed by atoms with Crippen molar-refractivity contribution < 1.29 is 9.59 Å². The van der Waals surface area contributed by atoms with E-state index in [9.17, 15) is 9.59 Å². The van der Waals surface area contributed by atoms with Gasteiger partial charge in [-0.1, -0.05) is 55.2 Å². The number of rotatable bonds is 2. The van der Waals surface area contributed by atoms with Gasteiger partial charge in [0, 0.05) is 34.5 Å². The Labute approximate surface area is 169 Å². The molecule has 140 valence electrons. The topological polar surface area (TPSA) is 46.2 Å². The van der Waals surface area contributed by atoms with E-state index in [0.717, 1.165) is 16.8 Å². The van der Waals surface area contributed by atoms with Gasteiger partial charge >= 0.3 is 0 Å². The molecule has 2 aromatic rings. The summed E-state index contributed by atoms with van der Waals surface area (Å²) in [6, 6.07) is 13.1. The summed E-state index contributed by atoms with van der Waals surface area (Å²) in [6.45, 7) is 4.17. The Morgan fingerprint density at radius 1 is 1.04 bits per heavy atom. The lowest BCUT2D eigenvalue weighted by atomic mass is 9.53. The van der Waals surface area contributed by atoms with E-state index >= 15 is 0 Å². The van der Waals surface area contributed by atoms with Crippen LogP contribution in [-0.2, 0) is 15.0 Å². The number of amides is 1. The number of Topliss-reactive ketones (excluding diaryl/α,β-unsaturated/α-hetero) is 1. The highest BCUT2D eigenvalue weighted by atomic mass is 35.5. The summed E-state index contributed by atoms with van der Waals surface area (Å²) in [4.78, 5) is 26.2. The summed E-state index contributed by atoms with van der Waals surface area (Å²) in [6.07, 6.45) is 0.739. The molecule has 1 fully saturated rings. The average molecular weight is 402 g/mol. The number of carbonyl (C=O) groups excluding carboxylic acids is 2. The van der Waals surface area contributed by atoms with Gasteiger partial charge in [0.1, 0.15) is 5.78 Å². The lowest BCUT2D eigenvalue weighted by Gasteiger charge is -2.47. The molecule has 3 atom stereocenters. The molecule has 1 N–H and O–H groups in total. The Morgan fingerprint density at radius 2 is 1.78 bits per heavy atom. The number of nitrogens with one attached hydrogen (secondary N) is 1. The minimum atomic E-state index is -0.799. The number of ketones is 1. The Bertz CT molecular complexity index is 940. The van der Waals surface area contributed by atoms with E-state index in [1.807, 2.05) is 36.4 Å². The van der Waals surface area contributed by atoms with Crippen LogP contribution >= 0.6 is 23.2 Å². The smallest absolute Gasteiger partial charge is 0.236 e. The molecule has 1 aliphatic heterocycles. The average Bonchev–Trinajstić information content (AvgIpc) is 2.88. The lowest BCUT2D eigenvalue weighted by molar-refractivity contribution is -0.132. The van der Waals surface area contributed by atoms with Crippen LogP contribution in [0, 0.1) is 11.8 Å². The van der Waals surface area contributed by atoms with Crippen molar-refractivity contribution in [3.63, 3.8) is 0 Å². The number of hydrogen-bond donors (Lipinski definition) is 1. The van der Waals surface area contributed by atoms with Crippen LogP contribution in [0.1, 0.15) is 43.7 Å². The quantitative estimate of drug-likeness (QED) is 0.711. The van der Waals surface area contributed by atoms with Gasteiger partial charge in [-0.3, -0.25) is 9.59 Å². The van der Waals surface area contributed by atoms with Crippen molar-refractivity contribution in [2.75, 3.05) is 5.32 Å². The van der Waals surface area contributed by atoms with E-state index in [1.165, 1.54) is 0 Å². The van der Waals surface area contributed by atoms with Gasteiger partial charge in [0.25, 0.3) is 0 Å². The number of carbonyl (C=O) groups is 2. The van der Waals surface area contributed by atoms with Crippen LogP contribution in [0.3, 0.4) is 0 Å². The zero-order valence-corrected chi connectivity index (χ0v) is 16.8. The fourth-order valence-electron chi connectivity index (χ4n) is 5.04. The van der Waals surface area contributed by atoms with Gasteiger partial charge in [0.05, 0.1) is 5.41 Å². The van der Waals surface area contributed by atoms with Gasteiger partial charge < -0.3 is 5.32 Å². The SMILES string of the molecule is CC(C)C1CC(=O)CC(c2cccc(Cl)c2)C12C(=O)Nc1cc(Cl)ccc12. The van der Waals surface area contributed by atoms with Gasteiger partial charge in [0.15, 0.2) is 0 Å². The van der Waals surface area contributed by atoms with Gasteiger partial charge in [-0.05, 0) is 47.2 Å². The molecule has 1 aliphatic carbocycles. The first-order valence-electron chi connectivity index (χ1n) is 9.22. The summed E-state index contributed by atoms with van der Waals surface area (Å²) in [5, 5.41) is 4.23. The van der Waals surface area contributed by atoms with E-state index in [-0.39, 0.29) is 29.4 Å². The van der Waals surface area contributed by atoms with Crippen molar-refractivity contribution in [1.29, 1.82) is 0 Å². The predicted octanol–water partition coefficient (Wildman–Crippen LogP) is 5.60. The Hall–Kier alpha value is -1.84. The van der Waals surface area contributed by atoms with Gasteiger partial charge in [-0.2, -0.15) is 0 Å². The molecule has 27 heavy (non-hydrogen) atoms. The predicted molar refractivity (Wildman–Crippen MR) is 109 cm³/mol. The number of fused-ring (bicyclic) bond motifs is 2. The Balaban J connectivity index is 2.00. The van der Waals surface area contributed by atoms with Crippen molar-refractivity contribution in [1.82, 2.24) is 0 Å². The molecule has 1 spiro atoms. The van der Waals surface area contributed by atoms with Crippen LogP contribution in [-0.4, -0.2) is 11.7 Å². The molecule has 5 heteroatoms. The molecule has 2 aromatic carbocycles. The first kappa shape index (κ1) is 18.5. The zero-order chi connectivity index (χ0) is 19.3. The standard InChI is InChI=1S/C22H21Cl2NO2/c1-12(2)18-10-16(26)11-19(13-4-3-5-14(23)8-13)22(18)17-7-6-15(24)9-20(17)25-21(22)27/h3-9,12,18-19H,10-11H2,1-2H3,(H,25,27). The van der Waals surface area contributed by atoms with Gasteiger partial charge in [-0.25, -0.2) is 0 Å². The largest absolute Gasteiger partial charge is 0.325 e. The van der Waals surface area contributed by atoms with Crippen LogP contribution < -0.4 is 5.32 Å². The van der Waals surface area contributed by atoms with E-state index < -0.39 is 5.41 Å². The van der Waals surface area contributed by atoms with Crippen LogP contribution in [0.5, 0.6) is 0 Å². The van der Waals surface area contributed by atoms with Crippen molar-refractivity contribution in [2.24, 2.45) is 11.8 Å².